The van der Waals surface area contributed by atoms with Gasteiger partial charge in [-0.3, -0.25) is 4.68 Å². The molecule has 0 radical (unpaired) electrons. The van der Waals surface area contributed by atoms with Gasteiger partial charge in [-0.15, -0.1) is 0 Å². The molecule has 0 saturated carbocycles. The number of furan rings is 1. The first-order valence-electron chi connectivity index (χ1n) is 7.14. The molecule has 1 atom stereocenters. The van der Waals surface area contributed by atoms with Crippen LogP contribution in [-0.4, -0.2) is 16.8 Å². The van der Waals surface area contributed by atoms with Gasteiger partial charge in [0.2, 0.25) is 0 Å². The molecule has 20 heavy (non-hydrogen) atoms. The average Bonchev–Trinajstić information content (AvgIpc) is 3.07. The molecule has 0 aliphatic carbocycles. The zero-order valence-electron chi connectivity index (χ0n) is 12.3. The van der Waals surface area contributed by atoms with Crippen molar-refractivity contribution in [2.24, 2.45) is 0 Å². The number of likely N-dealkylation sites (N-methyl/N-ethyl adjacent to an activating group) is 1. The molecule has 0 spiro atoms. The van der Waals surface area contributed by atoms with Crippen LogP contribution in [0.5, 0.6) is 0 Å². The Labute approximate surface area is 125 Å². The van der Waals surface area contributed by atoms with Crippen LogP contribution in [0.2, 0.25) is 5.22 Å². The van der Waals surface area contributed by atoms with E-state index in [2.05, 4.69) is 41.2 Å². The Bertz CT molecular complexity index is 531. The van der Waals surface area contributed by atoms with Crippen molar-refractivity contribution in [2.75, 3.05) is 7.05 Å². The predicted octanol–water partition coefficient (Wildman–Crippen LogP) is 3.99. The molecule has 0 aliphatic heterocycles. The maximum atomic E-state index is 5.83. The molecule has 0 aromatic carbocycles. The Balaban J connectivity index is 2.08. The Morgan fingerprint density at radius 2 is 2.05 bits per heavy atom. The van der Waals surface area contributed by atoms with Gasteiger partial charge in [0, 0.05) is 12.6 Å². The third kappa shape index (κ3) is 3.44. The van der Waals surface area contributed by atoms with Crippen LogP contribution in [-0.2, 0) is 6.42 Å². The Morgan fingerprint density at radius 3 is 2.60 bits per heavy atom. The highest BCUT2D eigenvalue weighted by Crippen LogP contribution is 2.23. The smallest absolute Gasteiger partial charge is 0.193 e. The summed E-state index contributed by atoms with van der Waals surface area (Å²) in [6.45, 7) is 4.38. The fraction of sp³-hybridized carbons (Fsp3) is 0.533. The average molecular weight is 296 g/mol. The molecule has 2 heterocycles. The van der Waals surface area contributed by atoms with E-state index in [-0.39, 0.29) is 6.04 Å². The van der Waals surface area contributed by atoms with Gasteiger partial charge in [0.05, 0.1) is 17.8 Å². The van der Waals surface area contributed by atoms with Crippen LogP contribution in [0, 0.1) is 0 Å². The first kappa shape index (κ1) is 15.1. The highest BCUT2D eigenvalue weighted by Gasteiger charge is 2.16. The normalized spacial score (nSPS) is 13.1. The molecule has 0 fully saturated rings. The van der Waals surface area contributed by atoms with E-state index >= 15 is 0 Å². The van der Waals surface area contributed by atoms with Crippen LogP contribution in [0.4, 0.5) is 0 Å². The molecule has 2 aromatic rings. The Hall–Kier alpha value is -1.26. The van der Waals surface area contributed by atoms with E-state index in [0.717, 1.165) is 30.7 Å². The van der Waals surface area contributed by atoms with E-state index < -0.39 is 0 Å². The first-order valence-corrected chi connectivity index (χ1v) is 7.52. The Morgan fingerprint density at radius 1 is 1.30 bits per heavy atom. The van der Waals surface area contributed by atoms with E-state index in [0.29, 0.717) is 11.3 Å². The lowest BCUT2D eigenvalue weighted by atomic mass is 10.1. The number of nitrogens with one attached hydrogen (secondary N) is 1. The van der Waals surface area contributed by atoms with Crippen molar-refractivity contribution in [1.29, 1.82) is 0 Å². The van der Waals surface area contributed by atoms with Crippen LogP contribution in [0.3, 0.4) is 0 Å². The second-order valence-electron chi connectivity index (χ2n) is 4.94. The van der Waals surface area contributed by atoms with Crippen LogP contribution in [0.25, 0.3) is 0 Å². The van der Waals surface area contributed by atoms with Gasteiger partial charge in [-0.05, 0) is 49.7 Å². The maximum absolute atomic E-state index is 5.83. The summed E-state index contributed by atoms with van der Waals surface area (Å²) in [6.07, 6.45) is 5.05. The van der Waals surface area contributed by atoms with Gasteiger partial charge in [-0.25, -0.2) is 0 Å². The molecule has 0 saturated heterocycles. The van der Waals surface area contributed by atoms with Crippen molar-refractivity contribution in [2.45, 2.75) is 45.2 Å². The summed E-state index contributed by atoms with van der Waals surface area (Å²) in [4.78, 5) is 0. The van der Waals surface area contributed by atoms with Gasteiger partial charge in [0.1, 0.15) is 5.76 Å². The van der Waals surface area contributed by atoms with Crippen molar-refractivity contribution >= 4 is 11.6 Å². The van der Waals surface area contributed by atoms with Crippen LogP contribution < -0.4 is 5.32 Å². The summed E-state index contributed by atoms with van der Waals surface area (Å²) in [5.41, 5.74) is 1.06. The highest BCUT2D eigenvalue weighted by atomic mass is 35.5. The first-order chi connectivity index (χ1) is 9.67. The SMILES string of the molecule is CCC(CC)n1ccc(CC(NC)c2ccc(Cl)o2)n1. The minimum Gasteiger partial charge on any atom is -0.448 e. The van der Waals surface area contributed by atoms with E-state index in [4.69, 9.17) is 16.0 Å². The van der Waals surface area contributed by atoms with Gasteiger partial charge < -0.3 is 9.73 Å². The van der Waals surface area contributed by atoms with Gasteiger partial charge in [-0.2, -0.15) is 5.10 Å². The van der Waals surface area contributed by atoms with Gasteiger partial charge in [-0.1, -0.05) is 13.8 Å². The fourth-order valence-corrected chi connectivity index (χ4v) is 2.57. The lowest BCUT2D eigenvalue weighted by Crippen LogP contribution is -2.18. The van der Waals surface area contributed by atoms with Crippen molar-refractivity contribution in [3.8, 4) is 0 Å². The largest absolute Gasteiger partial charge is 0.448 e. The molecular formula is C15H22ClN3O. The number of hydrogen-bond acceptors (Lipinski definition) is 3. The molecule has 2 rings (SSSR count). The van der Waals surface area contributed by atoms with E-state index in [1.54, 1.807) is 6.07 Å². The van der Waals surface area contributed by atoms with Crippen molar-refractivity contribution in [3.63, 3.8) is 0 Å². The van der Waals surface area contributed by atoms with Crippen molar-refractivity contribution in [3.05, 3.63) is 41.1 Å². The van der Waals surface area contributed by atoms with E-state index in [1.807, 2.05) is 13.1 Å². The Kier molecular flexibility index (Phi) is 5.26. The van der Waals surface area contributed by atoms with Gasteiger partial charge >= 0.3 is 0 Å². The summed E-state index contributed by atoms with van der Waals surface area (Å²) < 4.78 is 7.54. The summed E-state index contributed by atoms with van der Waals surface area (Å²) in [5, 5.41) is 8.34. The minimum absolute atomic E-state index is 0.0903. The lowest BCUT2D eigenvalue weighted by molar-refractivity contribution is 0.411. The van der Waals surface area contributed by atoms with Crippen molar-refractivity contribution < 1.29 is 4.42 Å². The number of aromatic nitrogens is 2. The number of halogens is 1. The third-order valence-corrected chi connectivity index (χ3v) is 3.88. The standard InChI is InChI=1S/C15H22ClN3O/c1-4-12(5-2)19-9-8-11(18-19)10-13(17-3)14-6-7-15(16)20-14/h6-9,12-13,17H,4-5,10H2,1-3H3. The molecule has 0 bridgehead atoms. The predicted molar refractivity (Wildman–Crippen MR) is 81.1 cm³/mol. The molecule has 110 valence electrons. The summed E-state index contributed by atoms with van der Waals surface area (Å²) in [5.74, 6) is 0.842. The molecule has 1 N–H and O–H groups in total. The summed E-state index contributed by atoms with van der Waals surface area (Å²) >= 11 is 5.83. The molecule has 5 heteroatoms. The van der Waals surface area contributed by atoms with Crippen LogP contribution >= 0.6 is 11.6 Å². The topological polar surface area (TPSA) is 43.0 Å². The molecule has 2 aromatic heterocycles. The van der Waals surface area contributed by atoms with Crippen LogP contribution in [0.1, 0.15) is 50.2 Å². The summed E-state index contributed by atoms with van der Waals surface area (Å²) in [6, 6.07) is 6.32. The zero-order valence-corrected chi connectivity index (χ0v) is 13.0. The highest BCUT2D eigenvalue weighted by molar-refractivity contribution is 6.28. The molecular weight excluding hydrogens is 274 g/mol. The van der Waals surface area contributed by atoms with Crippen molar-refractivity contribution in [1.82, 2.24) is 15.1 Å². The van der Waals surface area contributed by atoms with E-state index in [1.165, 1.54) is 0 Å². The maximum Gasteiger partial charge on any atom is 0.193 e. The molecule has 0 aliphatic rings. The molecule has 4 nitrogen and oxygen atoms in total. The van der Waals surface area contributed by atoms with Gasteiger partial charge in [0.15, 0.2) is 5.22 Å². The fourth-order valence-electron chi connectivity index (χ4n) is 2.42. The molecule has 1 unspecified atom stereocenters. The van der Waals surface area contributed by atoms with E-state index in [9.17, 15) is 0 Å². The van der Waals surface area contributed by atoms with Gasteiger partial charge in [0.25, 0.3) is 0 Å². The quantitative estimate of drug-likeness (QED) is 0.840. The zero-order chi connectivity index (χ0) is 14.5. The minimum atomic E-state index is 0.0903. The number of nitrogens with zero attached hydrogens (tertiary/aromatic N) is 2. The number of rotatable bonds is 7. The second kappa shape index (κ2) is 6.95. The monoisotopic (exact) mass is 295 g/mol. The summed E-state index contributed by atoms with van der Waals surface area (Å²) in [7, 11) is 1.92. The third-order valence-electron chi connectivity index (χ3n) is 3.68. The lowest BCUT2D eigenvalue weighted by Gasteiger charge is -2.14. The van der Waals surface area contributed by atoms with Crippen LogP contribution in [0.15, 0.2) is 28.8 Å². The number of hydrogen-bond donors (Lipinski definition) is 1. The molecule has 0 amide bonds. The second-order valence-corrected chi connectivity index (χ2v) is 5.32.